The SMILES string of the molecule is S=C(NCN1CCOCC1)c1cccnc1. The van der Waals surface area contributed by atoms with Crippen molar-refractivity contribution >= 4 is 17.2 Å². The van der Waals surface area contributed by atoms with E-state index in [1.54, 1.807) is 12.4 Å². The monoisotopic (exact) mass is 237 g/mol. The molecule has 2 heterocycles. The van der Waals surface area contributed by atoms with Crippen molar-refractivity contribution in [3.63, 3.8) is 0 Å². The Kier molecular flexibility index (Phi) is 4.21. The van der Waals surface area contributed by atoms with Gasteiger partial charge in [0.25, 0.3) is 0 Å². The predicted molar refractivity (Wildman–Crippen MR) is 66.3 cm³/mol. The fourth-order valence-electron chi connectivity index (χ4n) is 1.54. The maximum Gasteiger partial charge on any atom is 0.109 e. The molecule has 4 nitrogen and oxygen atoms in total. The molecule has 0 bridgehead atoms. The molecular formula is C11H15N3OS. The highest BCUT2D eigenvalue weighted by Crippen LogP contribution is 1.98. The van der Waals surface area contributed by atoms with E-state index in [2.05, 4.69) is 15.2 Å². The first-order valence-corrected chi connectivity index (χ1v) is 5.75. The average molecular weight is 237 g/mol. The number of morpholine rings is 1. The van der Waals surface area contributed by atoms with Crippen molar-refractivity contribution in [1.29, 1.82) is 0 Å². The molecule has 0 aromatic carbocycles. The highest BCUT2D eigenvalue weighted by atomic mass is 32.1. The van der Waals surface area contributed by atoms with Gasteiger partial charge in [0.1, 0.15) is 4.99 Å². The van der Waals surface area contributed by atoms with Crippen molar-refractivity contribution in [2.45, 2.75) is 0 Å². The summed E-state index contributed by atoms with van der Waals surface area (Å²) in [5.74, 6) is 0. The van der Waals surface area contributed by atoms with Crippen molar-refractivity contribution in [2.24, 2.45) is 0 Å². The summed E-state index contributed by atoms with van der Waals surface area (Å²) in [7, 11) is 0. The summed E-state index contributed by atoms with van der Waals surface area (Å²) in [6.07, 6.45) is 3.52. The molecule has 0 unspecified atom stereocenters. The second-order valence-electron chi connectivity index (χ2n) is 3.64. The maximum atomic E-state index is 5.28. The quantitative estimate of drug-likeness (QED) is 0.781. The van der Waals surface area contributed by atoms with Crippen LogP contribution in [0.25, 0.3) is 0 Å². The van der Waals surface area contributed by atoms with Crippen LogP contribution in [0.3, 0.4) is 0 Å². The van der Waals surface area contributed by atoms with Crippen LogP contribution < -0.4 is 5.32 Å². The van der Waals surface area contributed by atoms with E-state index in [4.69, 9.17) is 17.0 Å². The first kappa shape index (κ1) is 11.4. The third kappa shape index (κ3) is 3.23. The summed E-state index contributed by atoms with van der Waals surface area (Å²) >= 11 is 5.28. The Morgan fingerprint density at radius 1 is 1.50 bits per heavy atom. The molecule has 1 fully saturated rings. The molecule has 0 amide bonds. The lowest BCUT2D eigenvalue weighted by atomic mass is 10.3. The van der Waals surface area contributed by atoms with E-state index in [0.717, 1.165) is 43.5 Å². The fourth-order valence-corrected chi connectivity index (χ4v) is 1.73. The molecule has 1 saturated heterocycles. The van der Waals surface area contributed by atoms with Gasteiger partial charge in [-0.05, 0) is 12.1 Å². The van der Waals surface area contributed by atoms with Gasteiger partial charge in [-0.15, -0.1) is 0 Å². The van der Waals surface area contributed by atoms with Crippen molar-refractivity contribution < 1.29 is 4.74 Å². The fraction of sp³-hybridized carbons (Fsp3) is 0.455. The van der Waals surface area contributed by atoms with E-state index in [9.17, 15) is 0 Å². The number of thiocarbonyl (C=S) groups is 1. The number of nitrogens with zero attached hydrogens (tertiary/aromatic N) is 2. The van der Waals surface area contributed by atoms with Gasteiger partial charge >= 0.3 is 0 Å². The molecule has 1 aromatic heterocycles. The molecule has 0 atom stereocenters. The van der Waals surface area contributed by atoms with E-state index in [-0.39, 0.29) is 0 Å². The Balaban J connectivity index is 1.79. The van der Waals surface area contributed by atoms with E-state index in [0.29, 0.717) is 0 Å². The summed E-state index contributed by atoms with van der Waals surface area (Å²) in [5, 5.41) is 3.23. The minimum Gasteiger partial charge on any atom is -0.379 e. The number of aromatic nitrogens is 1. The van der Waals surface area contributed by atoms with Crippen molar-refractivity contribution in [3.8, 4) is 0 Å². The average Bonchev–Trinajstić information content (AvgIpc) is 2.38. The van der Waals surface area contributed by atoms with Crippen LogP contribution in [0.15, 0.2) is 24.5 Å². The lowest BCUT2D eigenvalue weighted by Gasteiger charge is -2.27. The summed E-state index contributed by atoms with van der Waals surface area (Å²) < 4.78 is 5.28. The molecule has 0 saturated carbocycles. The zero-order valence-electron chi connectivity index (χ0n) is 9.06. The summed E-state index contributed by atoms with van der Waals surface area (Å²) in [6.45, 7) is 4.31. The molecule has 1 aromatic rings. The Morgan fingerprint density at radius 2 is 2.31 bits per heavy atom. The third-order valence-electron chi connectivity index (χ3n) is 2.49. The van der Waals surface area contributed by atoms with Crippen molar-refractivity contribution in [2.75, 3.05) is 33.0 Å². The molecule has 1 N–H and O–H groups in total. The van der Waals surface area contributed by atoms with Crippen LogP contribution in [0.1, 0.15) is 5.56 Å². The molecule has 0 aliphatic carbocycles. The topological polar surface area (TPSA) is 37.4 Å². The Labute approximate surface area is 101 Å². The molecule has 0 spiro atoms. The van der Waals surface area contributed by atoms with E-state index in [1.165, 1.54) is 0 Å². The maximum absolute atomic E-state index is 5.28. The smallest absolute Gasteiger partial charge is 0.109 e. The molecule has 86 valence electrons. The van der Waals surface area contributed by atoms with Crippen molar-refractivity contribution in [1.82, 2.24) is 15.2 Å². The van der Waals surface area contributed by atoms with Crippen LogP contribution in [0.5, 0.6) is 0 Å². The van der Waals surface area contributed by atoms with Crippen LogP contribution in [-0.2, 0) is 4.74 Å². The number of nitrogens with one attached hydrogen (secondary N) is 1. The Morgan fingerprint density at radius 3 is 3.00 bits per heavy atom. The normalized spacial score (nSPS) is 17.0. The largest absolute Gasteiger partial charge is 0.379 e. The first-order valence-electron chi connectivity index (χ1n) is 5.34. The highest BCUT2D eigenvalue weighted by Gasteiger charge is 2.10. The zero-order valence-corrected chi connectivity index (χ0v) is 9.87. The second-order valence-corrected chi connectivity index (χ2v) is 4.04. The second kappa shape index (κ2) is 5.89. The number of hydrogen-bond donors (Lipinski definition) is 1. The number of hydrogen-bond acceptors (Lipinski definition) is 4. The van der Waals surface area contributed by atoms with Crippen LogP contribution in [-0.4, -0.2) is 47.8 Å². The number of ether oxygens (including phenoxy) is 1. The van der Waals surface area contributed by atoms with Gasteiger partial charge < -0.3 is 10.1 Å². The molecule has 0 radical (unpaired) electrons. The summed E-state index contributed by atoms with van der Waals surface area (Å²) in [6, 6.07) is 3.85. The Hall–Kier alpha value is -1.04. The molecule has 1 aliphatic rings. The lowest BCUT2D eigenvalue weighted by Crippen LogP contribution is -2.43. The van der Waals surface area contributed by atoms with Gasteiger partial charge in [-0.3, -0.25) is 9.88 Å². The summed E-state index contributed by atoms with van der Waals surface area (Å²) in [5.41, 5.74) is 0.964. The van der Waals surface area contributed by atoms with E-state index < -0.39 is 0 Å². The lowest BCUT2D eigenvalue weighted by molar-refractivity contribution is 0.0368. The van der Waals surface area contributed by atoms with Crippen LogP contribution in [0.4, 0.5) is 0 Å². The first-order chi connectivity index (χ1) is 7.86. The highest BCUT2D eigenvalue weighted by molar-refractivity contribution is 7.80. The van der Waals surface area contributed by atoms with Gasteiger partial charge in [0.2, 0.25) is 0 Å². The standard InChI is InChI=1S/C11H15N3OS/c16-11(10-2-1-3-12-8-10)13-9-14-4-6-15-7-5-14/h1-3,8H,4-7,9H2,(H,13,16). The van der Waals surface area contributed by atoms with Gasteiger partial charge in [0, 0.05) is 31.0 Å². The molecular weight excluding hydrogens is 222 g/mol. The molecule has 16 heavy (non-hydrogen) atoms. The zero-order chi connectivity index (χ0) is 11.2. The third-order valence-corrected chi connectivity index (χ3v) is 2.87. The Bertz CT molecular complexity index is 338. The van der Waals surface area contributed by atoms with Gasteiger partial charge in [0.05, 0.1) is 19.9 Å². The van der Waals surface area contributed by atoms with Gasteiger partial charge in [0.15, 0.2) is 0 Å². The minimum atomic E-state index is 0.750. The van der Waals surface area contributed by atoms with Crippen LogP contribution in [0.2, 0.25) is 0 Å². The summed E-state index contributed by atoms with van der Waals surface area (Å²) in [4.78, 5) is 7.07. The van der Waals surface area contributed by atoms with Gasteiger partial charge in [-0.1, -0.05) is 12.2 Å². The molecule has 1 aliphatic heterocycles. The number of rotatable bonds is 3. The van der Waals surface area contributed by atoms with E-state index in [1.807, 2.05) is 12.1 Å². The van der Waals surface area contributed by atoms with Gasteiger partial charge in [-0.2, -0.15) is 0 Å². The minimum absolute atomic E-state index is 0.750. The van der Waals surface area contributed by atoms with Crippen molar-refractivity contribution in [3.05, 3.63) is 30.1 Å². The molecule has 2 rings (SSSR count). The predicted octanol–water partition coefficient (Wildman–Crippen LogP) is 0.636. The van der Waals surface area contributed by atoms with Crippen LogP contribution >= 0.6 is 12.2 Å². The van der Waals surface area contributed by atoms with Crippen LogP contribution in [0, 0.1) is 0 Å². The molecule has 5 heteroatoms. The number of pyridine rings is 1. The van der Waals surface area contributed by atoms with E-state index >= 15 is 0 Å². The van der Waals surface area contributed by atoms with Gasteiger partial charge in [-0.25, -0.2) is 0 Å².